The molecule has 0 aliphatic carbocycles. The molecule has 1 atom stereocenters. The molecule has 1 aliphatic rings. The van der Waals surface area contributed by atoms with E-state index < -0.39 is 0 Å². The van der Waals surface area contributed by atoms with Crippen molar-refractivity contribution in [1.82, 2.24) is 5.32 Å². The number of hydrogen-bond acceptors (Lipinski definition) is 3. The number of piperidine rings is 1. The second-order valence-electron chi connectivity index (χ2n) is 4.99. The molecule has 1 aromatic rings. The number of amides is 1. The maximum Gasteiger partial charge on any atom is 0.224 e. The Bertz CT molecular complexity index is 473. The summed E-state index contributed by atoms with van der Waals surface area (Å²) in [5.41, 5.74) is 1.26. The molecule has 1 aromatic carbocycles. The van der Waals surface area contributed by atoms with Gasteiger partial charge in [0.2, 0.25) is 5.91 Å². The van der Waals surface area contributed by atoms with Crippen molar-refractivity contribution in [2.75, 3.05) is 18.4 Å². The standard InChI is InChI=1S/C15H19N3O/c16-10-13-3-1-5-14(9-13)18-15(19)7-6-12-4-2-8-17-11-12/h1,3,5,9,12,17H,2,4,6-8,11H2,(H,18,19). The molecule has 1 unspecified atom stereocenters. The first kappa shape index (κ1) is 13.6. The van der Waals surface area contributed by atoms with E-state index >= 15 is 0 Å². The monoisotopic (exact) mass is 257 g/mol. The highest BCUT2D eigenvalue weighted by atomic mass is 16.1. The second kappa shape index (κ2) is 6.91. The second-order valence-corrected chi connectivity index (χ2v) is 4.99. The van der Waals surface area contributed by atoms with Gasteiger partial charge in [-0.2, -0.15) is 5.26 Å². The quantitative estimate of drug-likeness (QED) is 0.869. The fourth-order valence-electron chi connectivity index (χ4n) is 2.40. The molecule has 0 spiro atoms. The zero-order valence-electron chi connectivity index (χ0n) is 11.0. The van der Waals surface area contributed by atoms with E-state index in [1.54, 1.807) is 24.3 Å². The van der Waals surface area contributed by atoms with Gasteiger partial charge < -0.3 is 10.6 Å². The van der Waals surface area contributed by atoms with Crippen molar-refractivity contribution in [3.63, 3.8) is 0 Å². The highest BCUT2D eigenvalue weighted by Gasteiger charge is 2.14. The first-order valence-corrected chi connectivity index (χ1v) is 6.78. The van der Waals surface area contributed by atoms with E-state index in [1.165, 1.54) is 12.8 Å². The fourth-order valence-corrected chi connectivity index (χ4v) is 2.40. The molecule has 19 heavy (non-hydrogen) atoms. The predicted octanol–water partition coefficient (Wildman–Crippen LogP) is 2.28. The maximum absolute atomic E-state index is 11.8. The Morgan fingerprint density at radius 2 is 2.42 bits per heavy atom. The third kappa shape index (κ3) is 4.38. The minimum Gasteiger partial charge on any atom is -0.326 e. The van der Waals surface area contributed by atoms with Gasteiger partial charge in [-0.25, -0.2) is 0 Å². The van der Waals surface area contributed by atoms with Gasteiger partial charge in [0.25, 0.3) is 0 Å². The predicted molar refractivity (Wildman–Crippen MR) is 74.6 cm³/mol. The van der Waals surface area contributed by atoms with Crippen LogP contribution >= 0.6 is 0 Å². The van der Waals surface area contributed by atoms with Crippen molar-refractivity contribution in [2.24, 2.45) is 5.92 Å². The first-order valence-electron chi connectivity index (χ1n) is 6.78. The van der Waals surface area contributed by atoms with Crippen LogP contribution in [0.4, 0.5) is 5.69 Å². The minimum atomic E-state index is 0.0284. The van der Waals surface area contributed by atoms with Gasteiger partial charge in [-0.15, -0.1) is 0 Å². The SMILES string of the molecule is N#Cc1cccc(NC(=O)CCC2CCCNC2)c1. The van der Waals surface area contributed by atoms with Crippen LogP contribution in [0.25, 0.3) is 0 Å². The summed E-state index contributed by atoms with van der Waals surface area (Å²) in [6.07, 6.45) is 3.89. The molecule has 0 saturated carbocycles. The molecule has 4 heteroatoms. The summed E-state index contributed by atoms with van der Waals surface area (Å²) in [5.74, 6) is 0.644. The minimum absolute atomic E-state index is 0.0284. The van der Waals surface area contributed by atoms with Crippen molar-refractivity contribution < 1.29 is 4.79 Å². The van der Waals surface area contributed by atoms with E-state index in [1.807, 2.05) is 0 Å². The number of anilines is 1. The summed E-state index contributed by atoms with van der Waals surface area (Å²) < 4.78 is 0. The van der Waals surface area contributed by atoms with Crippen molar-refractivity contribution in [3.8, 4) is 6.07 Å². The van der Waals surface area contributed by atoms with Gasteiger partial charge in [0.15, 0.2) is 0 Å². The molecule has 2 rings (SSSR count). The lowest BCUT2D eigenvalue weighted by Gasteiger charge is -2.22. The van der Waals surface area contributed by atoms with Gasteiger partial charge in [-0.3, -0.25) is 4.79 Å². The summed E-state index contributed by atoms with van der Waals surface area (Å²) in [6, 6.07) is 9.07. The topological polar surface area (TPSA) is 64.9 Å². The molecule has 1 fully saturated rings. The van der Waals surface area contributed by atoms with E-state index in [4.69, 9.17) is 5.26 Å². The molecule has 2 N–H and O–H groups in total. The largest absolute Gasteiger partial charge is 0.326 e. The van der Waals surface area contributed by atoms with Crippen molar-refractivity contribution in [3.05, 3.63) is 29.8 Å². The van der Waals surface area contributed by atoms with Crippen molar-refractivity contribution in [2.45, 2.75) is 25.7 Å². The molecule has 4 nitrogen and oxygen atoms in total. The van der Waals surface area contributed by atoms with Crippen LogP contribution in [-0.4, -0.2) is 19.0 Å². The van der Waals surface area contributed by atoms with Crippen LogP contribution in [0, 0.1) is 17.2 Å². The van der Waals surface area contributed by atoms with Gasteiger partial charge in [-0.1, -0.05) is 6.07 Å². The number of nitrogens with one attached hydrogen (secondary N) is 2. The number of nitriles is 1. The number of nitrogens with zero attached hydrogens (tertiary/aromatic N) is 1. The normalized spacial score (nSPS) is 18.6. The van der Waals surface area contributed by atoms with Crippen LogP contribution in [-0.2, 0) is 4.79 Å². The Hall–Kier alpha value is -1.86. The molecule has 0 aromatic heterocycles. The lowest BCUT2D eigenvalue weighted by Crippen LogP contribution is -2.30. The van der Waals surface area contributed by atoms with Crippen LogP contribution in [0.1, 0.15) is 31.2 Å². The smallest absolute Gasteiger partial charge is 0.224 e. The lowest BCUT2D eigenvalue weighted by atomic mass is 9.94. The highest BCUT2D eigenvalue weighted by molar-refractivity contribution is 5.90. The van der Waals surface area contributed by atoms with Crippen molar-refractivity contribution >= 4 is 11.6 Å². The average Bonchev–Trinajstić information content (AvgIpc) is 2.46. The Morgan fingerprint density at radius 3 is 3.16 bits per heavy atom. The molecular formula is C15H19N3O. The molecule has 1 heterocycles. The molecule has 0 bridgehead atoms. The van der Waals surface area contributed by atoms with E-state index in [9.17, 15) is 4.79 Å². The summed E-state index contributed by atoms with van der Waals surface area (Å²) in [6.45, 7) is 2.13. The van der Waals surface area contributed by atoms with Crippen molar-refractivity contribution in [1.29, 1.82) is 5.26 Å². The number of carbonyl (C=O) groups is 1. The Balaban J connectivity index is 1.78. The van der Waals surface area contributed by atoms with Gasteiger partial charge in [-0.05, 0) is 56.5 Å². The number of hydrogen-bond donors (Lipinski definition) is 2. The third-order valence-electron chi connectivity index (χ3n) is 3.45. The molecule has 0 radical (unpaired) electrons. The van der Waals surface area contributed by atoms with Gasteiger partial charge in [0.1, 0.15) is 0 Å². The molecule has 100 valence electrons. The maximum atomic E-state index is 11.8. The molecule has 1 aliphatic heterocycles. The van der Waals surface area contributed by atoms with Crippen LogP contribution < -0.4 is 10.6 Å². The summed E-state index contributed by atoms with van der Waals surface area (Å²) in [4.78, 5) is 11.8. The van der Waals surface area contributed by atoms with Gasteiger partial charge in [0.05, 0.1) is 11.6 Å². The molecule has 1 amide bonds. The zero-order valence-corrected chi connectivity index (χ0v) is 11.0. The molecule has 1 saturated heterocycles. The number of carbonyl (C=O) groups excluding carboxylic acids is 1. The van der Waals surface area contributed by atoms with Crippen LogP contribution in [0.15, 0.2) is 24.3 Å². The van der Waals surface area contributed by atoms with E-state index in [-0.39, 0.29) is 5.91 Å². The van der Waals surface area contributed by atoms with E-state index in [0.717, 1.165) is 19.5 Å². The first-order chi connectivity index (χ1) is 9.28. The van der Waals surface area contributed by atoms with Gasteiger partial charge >= 0.3 is 0 Å². The summed E-state index contributed by atoms with van der Waals surface area (Å²) >= 11 is 0. The molecular weight excluding hydrogens is 238 g/mol. The van der Waals surface area contributed by atoms with E-state index in [0.29, 0.717) is 23.6 Å². The van der Waals surface area contributed by atoms with E-state index in [2.05, 4.69) is 16.7 Å². The Kier molecular flexibility index (Phi) is 4.93. The number of rotatable bonds is 4. The van der Waals surface area contributed by atoms with Gasteiger partial charge in [0, 0.05) is 12.1 Å². The number of benzene rings is 1. The Morgan fingerprint density at radius 1 is 1.53 bits per heavy atom. The Labute approximate surface area is 113 Å². The fraction of sp³-hybridized carbons (Fsp3) is 0.467. The van der Waals surface area contributed by atoms with Crippen LogP contribution in [0.5, 0.6) is 0 Å². The average molecular weight is 257 g/mol. The van der Waals surface area contributed by atoms with Crippen LogP contribution in [0.3, 0.4) is 0 Å². The zero-order chi connectivity index (χ0) is 13.5. The third-order valence-corrected chi connectivity index (χ3v) is 3.45. The summed E-state index contributed by atoms with van der Waals surface area (Å²) in [7, 11) is 0. The lowest BCUT2D eigenvalue weighted by molar-refractivity contribution is -0.116. The highest BCUT2D eigenvalue weighted by Crippen LogP contribution is 2.17. The summed E-state index contributed by atoms with van der Waals surface area (Å²) in [5, 5.41) is 15.0. The van der Waals surface area contributed by atoms with Crippen LogP contribution in [0.2, 0.25) is 0 Å².